The van der Waals surface area contributed by atoms with Crippen LogP contribution >= 0.6 is 0 Å². The van der Waals surface area contributed by atoms with E-state index in [1.807, 2.05) is 31.2 Å². The smallest absolute Gasteiger partial charge is 0.303 e. The number of fused-ring (bicyclic) bond motifs is 1. The molecule has 0 aromatic heterocycles. The van der Waals surface area contributed by atoms with Gasteiger partial charge in [-0.1, -0.05) is 18.2 Å². The summed E-state index contributed by atoms with van der Waals surface area (Å²) >= 11 is 0. The second kappa shape index (κ2) is 4.57. The molecule has 0 unspecified atom stereocenters. The standard InChI is InChI=1S/C13H15NO3/c1-9-8-10-4-2-3-5-11(10)14(9)12(15)6-7-13(16)17/h2-5,9H,6-8H2,1H3,(H,16,17)/t9-/m0/s1. The minimum absolute atomic E-state index is 0.0635. The molecule has 0 bridgehead atoms. The summed E-state index contributed by atoms with van der Waals surface area (Å²) in [6.45, 7) is 1.98. The number of carbonyl (C=O) groups is 2. The summed E-state index contributed by atoms with van der Waals surface area (Å²) in [6, 6.07) is 7.90. The zero-order valence-electron chi connectivity index (χ0n) is 9.72. The predicted molar refractivity (Wildman–Crippen MR) is 64.0 cm³/mol. The van der Waals surface area contributed by atoms with E-state index in [0.717, 1.165) is 17.7 Å². The van der Waals surface area contributed by atoms with Crippen molar-refractivity contribution in [3.05, 3.63) is 29.8 Å². The maximum atomic E-state index is 12.0. The lowest BCUT2D eigenvalue weighted by atomic mass is 10.1. The molecule has 90 valence electrons. The van der Waals surface area contributed by atoms with Gasteiger partial charge in [-0.25, -0.2) is 0 Å². The molecule has 2 rings (SSSR count). The molecule has 1 aromatic rings. The fourth-order valence-electron chi connectivity index (χ4n) is 2.28. The van der Waals surface area contributed by atoms with Gasteiger partial charge in [-0.15, -0.1) is 0 Å². The van der Waals surface area contributed by atoms with Gasteiger partial charge in [0.15, 0.2) is 0 Å². The Bertz CT molecular complexity index is 456. The van der Waals surface area contributed by atoms with Crippen molar-refractivity contribution in [3.8, 4) is 0 Å². The number of rotatable bonds is 3. The monoisotopic (exact) mass is 233 g/mol. The Hall–Kier alpha value is -1.84. The number of anilines is 1. The van der Waals surface area contributed by atoms with Crippen LogP contribution in [0.15, 0.2) is 24.3 Å². The number of amides is 1. The highest BCUT2D eigenvalue weighted by molar-refractivity contribution is 5.97. The molecule has 0 saturated carbocycles. The average molecular weight is 233 g/mol. The molecule has 1 atom stereocenters. The number of benzene rings is 1. The molecular formula is C13H15NO3. The summed E-state index contributed by atoms with van der Waals surface area (Å²) < 4.78 is 0. The first-order valence-corrected chi connectivity index (χ1v) is 5.71. The molecule has 1 aromatic carbocycles. The highest BCUT2D eigenvalue weighted by Crippen LogP contribution is 2.32. The van der Waals surface area contributed by atoms with Crippen LogP contribution in [-0.4, -0.2) is 23.0 Å². The molecule has 17 heavy (non-hydrogen) atoms. The molecule has 4 heteroatoms. The van der Waals surface area contributed by atoms with E-state index in [9.17, 15) is 9.59 Å². The number of para-hydroxylation sites is 1. The minimum Gasteiger partial charge on any atom is -0.481 e. The van der Waals surface area contributed by atoms with Crippen molar-refractivity contribution >= 4 is 17.6 Å². The maximum absolute atomic E-state index is 12.0. The van der Waals surface area contributed by atoms with E-state index in [-0.39, 0.29) is 24.8 Å². The molecule has 0 radical (unpaired) electrons. The van der Waals surface area contributed by atoms with E-state index in [0.29, 0.717) is 0 Å². The second-order valence-electron chi connectivity index (χ2n) is 4.34. The molecule has 0 spiro atoms. The van der Waals surface area contributed by atoms with Crippen molar-refractivity contribution in [1.82, 2.24) is 0 Å². The van der Waals surface area contributed by atoms with Crippen LogP contribution < -0.4 is 4.90 Å². The SMILES string of the molecule is C[C@H]1Cc2ccccc2N1C(=O)CCC(=O)O. The number of hydrogen-bond donors (Lipinski definition) is 1. The van der Waals surface area contributed by atoms with Gasteiger partial charge >= 0.3 is 5.97 Å². The number of carbonyl (C=O) groups excluding carboxylic acids is 1. The van der Waals surface area contributed by atoms with Gasteiger partial charge in [0.05, 0.1) is 6.42 Å². The first-order valence-electron chi connectivity index (χ1n) is 5.71. The highest BCUT2D eigenvalue weighted by Gasteiger charge is 2.30. The van der Waals surface area contributed by atoms with Gasteiger partial charge < -0.3 is 10.0 Å². The van der Waals surface area contributed by atoms with Gasteiger partial charge in [0.1, 0.15) is 0 Å². The first kappa shape index (κ1) is 11.6. The fraction of sp³-hybridized carbons (Fsp3) is 0.385. The number of carboxylic acid groups (broad SMARTS) is 1. The van der Waals surface area contributed by atoms with Gasteiger partial charge in [0.2, 0.25) is 5.91 Å². The van der Waals surface area contributed by atoms with Crippen LogP contribution in [0, 0.1) is 0 Å². The van der Waals surface area contributed by atoms with Crippen molar-refractivity contribution in [2.45, 2.75) is 32.2 Å². The number of hydrogen-bond acceptors (Lipinski definition) is 2. The quantitative estimate of drug-likeness (QED) is 0.866. The predicted octanol–water partition coefficient (Wildman–Crippen LogP) is 1.83. The van der Waals surface area contributed by atoms with Crippen molar-refractivity contribution in [2.75, 3.05) is 4.90 Å². The Morgan fingerprint density at radius 3 is 2.76 bits per heavy atom. The molecule has 0 saturated heterocycles. The van der Waals surface area contributed by atoms with Crippen LogP contribution in [0.3, 0.4) is 0 Å². The van der Waals surface area contributed by atoms with Gasteiger partial charge in [0, 0.05) is 18.2 Å². The summed E-state index contributed by atoms with van der Waals surface area (Å²) in [6.07, 6.45) is 0.799. The Kier molecular flexibility index (Phi) is 3.13. The number of carboxylic acids is 1. The molecule has 0 fully saturated rings. The van der Waals surface area contributed by atoms with Crippen LogP contribution in [0.1, 0.15) is 25.3 Å². The first-order chi connectivity index (χ1) is 8.09. The average Bonchev–Trinajstić information content (AvgIpc) is 2.61. The summed E-state index contributed by atoms with van der Waals surface area (Å²) in [4.78, 5) is 24.2. The minimum atomic E-state index is -0.932. The zero-order valence-corrected chi connectivity index (χ0v) is 9.72. The van der Waals surface area contributed by atoms with Gasteiger partial charge in [-0.2, -0.15) is 0 Å². The van der Waals surface area contributed by atoms with E-state index in [2.05, 4.69) is 0 Å². The normalized spacial score (nSPS) is 17.9. The maximum Gasteiger partial charge on any atom is 0.303 e. The van der Waals surface area contributed by atoms with E-state index >= 15 is 0 Å². The third-order valence-corrected chi connectivity index (χ3v) is 3.03. The number of aliphatic carboxylic acids is 1. The molecule has 1 heterocycles. The lowest BCUT2D eigenvalue weighted by Gasteiger charge is -2.22. The van der Waals surface area contributed by atoms with Gasteiger partial charge in [-0.3, -0.25) is 9.59 Å². The Balaban J connectivity index is 2.16. The highest BCUT2D eigenvalue weighted by atomic mass is 16.4. The number of nitrogens with zero attached hydrogens (tertiary/aromatic N) is 1. The van der Waals surface area contributed by atoms with Gasteiger partial charge in [-0.05, 0) is 25.0 Å². The summed E-state index contributed by atoms with van der Waals surface area (Å²) in [7, 11) is 0. The van der Waals surface area contributed by atoms with E-state index < -0.39 is 5.97 Å². The van der Waals surface area contributed by atoms with Crippen LogP contribution in [0.5, 0.6) is 0 Å². The van der Waals surface area contributed by atoms with Crippen LogP contribution in [0.2, 0.25) is 0 Å². The molecule has 1 aliphatic heterocycles. The van der Waals surface area contributed by atoms with Crippen molar-refractivity contribution in [3.63, 3.8) is 0 Å². The van der Waals surface area contributed by atoms with E-state index in [4.69, 9.17) is 5.11 Å². The van der Waals surface area contributed by atoms with Crippen LogP contribution in [-0.2, 0) is 16.0 Å². The third-order valence-electron chi connectivity index (χ3n) is 3.03. The molecule has 1 amide bonds. The van der Waals surface area contributed by atoms with Crippen molar-refractivity contribution in [2.24, 2.45) is 0 Å². The summed E-state index contributed by atoms with van der Waals surface area (Å²) in [5.74, 6) is -1.04. The third kappa shape index (κ3) is 2.30. The van der Waals surface area contributed by atoms with E-state index in [1.165, 1.54) is 0 Å². The van der Waals surface area contributed by atoms with Crippen molar-refractivity contribution in [1.29, 1.82) is 0 Å². The topological polar surface area (TPSA) is 57.6 Å². The lowest BCUT2D eigenvalue weighted by Crippen LogP contribution is -2.35. The summed E-state index contributed by atoms with van der Waals surface area (Å²) in [5.41, 5.74) is 2.08. The summed E-state index contributed by atoms with van der Waals surface area (Å²) in [5, 5.41) is 8.60. The molecule has 1 aliphatic rings. The Morgan fingerprint density at radius 2 is 2.06 bits per heavy atom. The van der Waals surface area contributed by atoms with Crippen LogP contribution in [0.25, 0.3) is 0 Å². The van der Waals surface area contributed by atoms with Gasteiger partial charge in [0.25, 0.3) is 0 Å². The molecule has 4 nitrogen and oxygen atoms in total. The zero-order chi connectivity index (χ0) is 12.4. The Morgan fingerprint density at radius 1 is 1.35 bits per heavy atom. The molecule has 0 aliphatic carbocycles. The second-order valence-corrected chi connectivity index (χ2v) is 4.34. The molecular weight excluding hydrogens is 218 g/mol. The largest absolute Gasteiger partial charge is 0.481 e. The molecule has 1 N–H and O–H groups in total. The fourth-order valence-corrected chi connectivity index (χ4v) is 2.28. The van der Waals surface area contributed by atoms with E-state index in [1.54, 1.807) is 4.90 Å². The lowest BCUT2D eigenvalue weighted by molar-refractivity contribution is -0.138. The van der Waals surface area contributed by atoms with Crippen LogP contribution in [0.4, 0.5) is 5.69 Å². The Labute approximate surface area is 99.9 Å². The van der Waals surface area contributed by atoms with Crippen molar-refractivity contribution < 1.29 is 14.7 Å².